The SMILES string of the molecule is CCC[NH2+]C[C@]1(O)O[C@H](CO)[C@@H](O)[C@@H]1O. The molecule has 1 rings (SSSR count). The first-order valence-corrected chi connectivity index (χ1v) is 5.24. The van der Waals surface area contributed by atoms with Crippen molar-refractivity contribution in [2.24, 2.45) is 0 Å². The molecule has 1 saturated heterocycles. The van der Waals surface area contributed by atoms with Crippen LogP contribution in [-0.4, -0.2) is 64.2 Å². The van der Waals surface area contributed by atoms with E-state index in [1.165, 1.54) is 0 Å². The molecule has 90 valence electrons. The molecule has 0 radical (unpaired) electrons. The van der Waals surface area contributed by atoms with Crippen molar-refractivity contribution in [2.45, 2.75) is 37.4 Å². The largest absolute Gasteiger partial charge is 0.394 e. The fraction of sp³-hybridized carbons (Fsp3) is 1.00. The summed E-state index contributed by atoms with van der Waals surface area (Å²) < 4.78 is 5.04. The Hall–Kier alpha value is -0.240. The Balaban J connectivity index is 2.53. The summed E-state index contributed by atoms with van der Waals surface area (Å²) in [6.45, 7) is 2.53. The number of rotatable bonds is 5. The summed E-state index contributed by atoms with van der Waals surface area (Å²) in [5.41, 5.74) is 0. The lowest BCUT2D eigenvalue weighted by molar-refractivity contribution is -0.677. The fourth-order valence-corrected chi connectivity index (χ4v) is 1.70. The molecule has 15 heavy (non-hydrogen) atoms. The minimum Gasteiger partial charge on any atom is -0.394 e. The Morgan fingerprint density at radius 1 is 1.40 bits per heavy atom. The van der Waals surface area contributed by atoms with Gasteiger partial charge in [0, 0.05) is 0 Å². The predicted molar refractivity (Wildman–Crippen MR) is 50.9 cm³/mol. The normalized spacial score (nSPS) is 41.0. The van der Waals surface area contributed by atoms with E-state index >= 15 is 0 Å². The van der Waals surface area contributed by atoms with Crippen LogP contribution in [0.4, 0.5) is 0 Å². The van der Waals surface area contributed by atoms with E-state index in [0.717, 1.165) is 13.0 Å². The van der Waals surface area contributed by atoms with Gasteiger partial charge in [0.05, 0.1) is 13.2 Å². The quantitative estimate of drug-likeness (QED) is 0.314. The second-order valence-corrected chi connectivity index (χ2v) is 3.90. The minimum absolute atomic E-state index is 0.148. The standard InChI is InChI=1S/C9H19NO5/c1-2-3-10-5-9(14)8(13)7(12)6(4-11)15-9/h6-8,10-14H,2-5H2,1H3/p+1/t6-,7-,8+,9+/m1/s1. The maximum atomic E-state index is 9.88. The van der Waals surface area contributed by atoms with Crippen LogP contribution in [0.2, 0.25) is 0 Å². The van der Waals surface area contributed by atoms with E-state index in [-0.39, 0.29) is 6.54 Å². The fourth-order valence-electron chi connectivity index (χ4n) is 1.70. The molecule has 0 aromatic carbocycles. The maximum absolute atomic E-state index is 9.88. The molecule has 1 aliphatic rings. The van der Waals surface area contributed by atoms with Crippen LogP contribution in [0.3, 0.4) is 0 Å². The van der Waals surface area contributed by atoms with Gasteiger partial charge in [-0.25, -0.2) is 0 Å². The predicted octanol–water partition coefficient (Wildman–Crippen LogP) is -3.24. The highest BCUT2D eigenvalue weighted by Crippen LogP contribution is 2.27. The first-order chi connectivity index (χ1) is 7.05. The molecule has 6 heteroatoms. The van der Waals surface area contributed by atoms with Crippen molar-refractivity contribution in [1.82, 2.24) is 0 Å². The van der Waals surface area contributed by atoms with Crippen molar-refractivity contribution in [3.63, 3.8) is 0 Å². The second-order valence-electron chi connectivity index (χ2n) is 3.90. The Morgan fingerprint density at radius 2 is 2.07 bits per heavy atom. The summed E-state index contributed by atoms with van der Waals surface area (Å²) in [5, 5.41) is 39.5. The molecule has 1 fully saturated rings. The van der Waals surface area contributed by atoms with Crippen molar-refractivity contribution < 1.29 is 30.5 Å². The molecule has 0 aromatic heterocycles. The number of hydrogen-bond acceptors (Lipinski definition) is 5. The van der Waals surface area contributed by atoms with Gasteiger partial charge in [-0.3, -0.25) is 0 Å². The van der Waals surface area contributed by atoms with Gasteiger partial charge in [-0.2, -0.15) is 0 Å². The topological polar surface area (TPSA) is 107 Å². The van der Waals surface area contributed by atoms with E-state index in [1.54, 1.807) is 5.32 Å². The minimum atomic E-state index is -1.76. The summed E-state index contributed by atoms with van der Waals surface area (Å²) in [6.07, 6.45) is -2.59. The lowest BCUT2D eigenvalue weighted by Gasteiger charge is -2.23. The lowest BCUT2D eigenvalue weighted by atomic mass is 10.1. The number of nitrogens with two attached hydrogens (primary N) is 1. The lowest BCUT2D eigenvalue weighted by Crippen LogP contribution is -2.89. The van der Waals surface area contributed by atoms with Gasteiger partial charge in [0.2, 0.25) is 5.79 Å². The molecule has 0 bridgehead atoms. The average molecular weight is 222 g/mol. The summed E-state index contributed by atoms with van der Waals surface area (Å²) in [7, 11) is 0. The van der Waals surface area contributed by atoms with Gasteiger partial charge in [0.1, 0.15) is 24.9 Å². The highest BCUT2D eigenvalue weighted by atomic mass is 16.7. The smallest absolute Gasteiger partial charge is 0.246 e. The molecule has 0 aliphatic carbocycles. The third-order valence-electron chi connectivity index (χ3n) is 2.63. The Kier molecular flexibility index (Phi) is 4.45. The highest BCUT2D eigenvalue weighted by molar-refractivity contribution is 4.94. The molecule has 0 spiro atoms. The van der Waals surface area contributed by atoms with Gasteiger partial charge in [-0.05, 0) is 6.42 Å². The second kappa shape index (κ2) is 5.20. The number of quaternary nitrogens is 1. The van der Waals surface area contributed by atoms with E-state index in [1.807, 2.05) is 6.92 Å². The van der Waals surface area contributed by atoms with Gasteiger partial charge in [-0.1, -0.05) is 6.92 Å². The summed E-state index contributed by atoms with van der Waals surface area (Å²) >= 11 is 0. The molecule has 1 heterocycles. The van der Waals surface area contributed by atoms with Gasteiger partial charge in [0.25, 0.3) is 0 Å². The monoisotopic (exact) mass is 222 g/mol. The van der Waals surface area contributed by atoms with Gasteiger partial charge in [-0.15, -0.1) is 0 Å². The zero-order valence-electron chi connectivity index (χ0n) is 8.83. The van der Waals surface area contributed by atoms with Crippen LogP contribution in [0.1, 0.15) is 13.3 Å². The van der Waals surface area contributed by atoms with Crippen LogP contribution in [0.25, 0.3) is 0 Å². The average Bonchev–Trinajstić information content (AvgIpc) is 2.44. The van der Waals surface area contributed by atoms with Gasteiger partial charge < -0.3 is 30.5 Å². The van der Waals surface area contributed by atoms with Crippen molar-refractivity contribution >= 4 is 0 Å². The van der Waals surface area contributed by atoms with Crippen LogP contribution in [-0.2, 0) is 4.74 Å². The van der Waals surface area contributed by atoms with E-state index in [4.69, 9.17) is 9.84 Å². The van der Waals surface area contributed by atoms with Crippen LogP contribution >= 0.6 is 0 Å². The van der Waals surface area contributed by atoms with Crippen LogP contribution in [0, 0.1) is 0 Å². The maximum Gasteiger partial charge on any atom is 0.246 e. The van der Waals surface area contributed by atoms with Crippen LogP contribution in [0.5, 0.6) is 0 Å². The molecule has 0 unspecified atom stereocenters. The first kappa shape index (κ1) is 12.8. The number of aliphatic hydroxyl groups excluding tert-OH is 3. The van der Waals surface area contributed by atoms with Crippen LogP contribution in [0.15, 0.2) is 0 Å². The molecule has 0 aromatic rings. The molecule has 6 nitrogen and oxygen atoms in total. The third kappa shape index (κ3) is 2.66. The van der Waals surface area contributed by atoms with Gasteiger partial charge >= 0.3 is 0 Å². The third-order valence-corrected chi connectivity index (χ3v) is 2.63. The van der Waals surface area contributed by atoms with Crippen molar-refractivity contribution in [3.05, 3.63) is 0 Å². The molecule has 0 saturated carbocycles. The number of ether oxygens (including phenoxy) is 1. The van der Waals surface area contributed by atoms with E-state index in [0.29, 0.717) is 0 Å². The molecule has 6 N–H and O–H groups in total. The Morgan fingerprint density at radius 3 is 2.53 bits per heavy atom. The summed E-state index contributed by atoms with van der Waals surface area (Å²) in [4.78, 5) is 0. The molecule has 0 amide bonds. The van der Waals surface area contributed by atoms with Crippen molar-refractivity contribution in [3.8, 4) is 0 Å². The van der Waals surface area contributed by atoms with Crippen molar-refractivity contribution in [1.29, 1.82) is 0 Å². The highest BCUT2D eigenvalue weighted by Gasteiger charge is 2.54. The molecular formula is C9H20NO5+. The number of hydrogen-bond donors (Lipinski definition) is 5. The van der Waals surface area contributed by atoms with E-state index < -0.39 is 30.7 Å². The molecular weight excluding hydrogens is 202 g/mol. The van der Waals surface area contributed by atoms with Crippen LogP contribution < -0.4 is 5.32 Å². The number of aliphatic hydroxyl groups is 4. The Labute approximate surface area is 88.5 Å². The molecule has 1 aliphatic heterocycles. The van der Waals surface area contributed by atoms with Crippen molar-refractivity contribution in [2.75, 3.05) is 19.7 Å². The van der Waals surface area contributed by atoms with Gasteiger partial charge in [0.15, 0.2) is 0 Å². The summed E-state index contributed by atoms with van der Waals surface area (Å²) in [6, 6.07) is 0. The molecule has 4 atom stereocenters. The first-order valence-electron chi connectivity index (χ1n) is 5.24. The van der Waals surface area contributed by atoms with E-state index in [9.17, 15) is 15.3 Å². The Bertz CT molecular complexity index is 203. The zero-order valence-corrected chi connectivity index (χ0v) is 8.83. The summed E-state index contributed by atoms with van der Waals surface area (Å²) in [5.74, 6) is -1.76. The zero-order chi connectivity index (χ0) is 11.5. The van der Waals surface area contributed by atoms with E-state index in [2.05, 4.69) is 0 Å².